The molecule has 0 unspecified atom stereocenters. The summed E-state index contributed by atoms with van der Waals surface area (Å²) in [5, 5.41) is 11.6. The van der Waals surface area contributed by atoms with Crippen molar-refractivity contribution in [3.05, 3.63) is 123 Å². The summed E-state index contributed by atoms with van der Waals surface area (Å²) < 4.78 is 36.8. The van der Waals surface area contributed by atoms with Gasteiger partial charge in [0.2, 0.25) is 0 Å². The molecule has 1 aliphatic rings. The number of aromatic nitrogens is 2. The van der Waals surface area contributed by atoms with Gasteiger partial charge in [-0.15, -0.1) is 0 Å². The number of aliphatic hydroxyl groups is 1. The number of ether oxygens (including phenoxy) is 6. The van der Waals surface area contributed by atoms with Crippen molar-refractivity contribution < 1.29 is 38.3 Å². The number of aromatic amines is 1. The quantitative estimate of drug-likeness (QED) is 0.0945. The van der Waals surface area contributed by atoms with Crippen molar-refractivity contribution in [2.75, 3.05) is 34.0 Å². The van der Waals surface area contributed by atoms with Gasteiger partial charge in [0.1, 0.15) is 42.0 Å². The van der Waals surface area contributed by atoms with E-state index in [-0.39, 0.29) is 30.2 Å². The molecule has 0 saturated carbocycles. The van der Waals surface area contributed by atoms with Crippen LogP contribution >= 0.6 is 12.2 Å². The third-order valence-corrected chi connectivity index (χ3v) is 8.09. The normalized spacial score (nSPS) is 19.5. The topological polar surface area (TPSA) is 130 Å². The lowest BCUT2D eigenvalue weighted by molar-refractivity contribution is -0.144. The van der Waals surface area contributed by atoms with Gasteiger partial charge >= 0.3 is 5.97 Å². The highest BCUT2D eigenvalue weighted by Crippen LogP contribution is 2.43. The van der Waals surface area contributed by atoms with E-state index >= 15 is 0 Å². The Morgan fingerprint density at radius 1 is 0.913 bits per heavy atom. The lowest BCUT2D eigenvalue weighted by Gasteiger charge is -2.37. The van der Waals surface area contributed by atoms with Crippen molar-refractivity contribution in [3.63, 3.8) is 0 Å². The fraction of sp³-hybridized carbons (Fsp3) is 0.324. The van der Waals surface area contributed by atoms with Gasteiger partial charge in [-0.1, -0.05) is 54.6 Å². The van der Waals surface area contributed by atoms with E-state index in [0.29, 0.717) is 11.5 Å². The van der Waals surface area contributed by atoms with Crippen molar-refractivity contribution in [2.24, 2.45) is 0 Å². The zero-order valence-electron chi connectivity index (χ0n) is 25.7. The molecule has 5 rings (SSSR count). The molecule has 12 heteroatoms. The van der Waals surface area contributed by atoms with Crippen LogP contribution in [-0.4, -0.2) is 73.0 Å². The first-order chi connectivity index (χ1) is 22.3. The van der Waals surface area contributed by atoms with E-state index in [1.165, 1.54) is 23.8 Å². The fourth-order valence-corrected chi connectivity index (χ4v) is 5.80. The van der Waals surface area contributed by atoms with Crippen LogP contribution in [0.4, 0.5) is 0 Å². The van der Waals surface area contributed by atoms with Gasteiger partial charge in [-0.2, -0.15) is 0 Å². The van der Waals surface area contributed by atoms with Crippen LogP contribution in [0.5, 0.6) is 11.5 Å². The third-order valence-electron chi connectivity index (χ3n) is 7.77. The van der Waals surface area contributed by atoms with Gasteiger partial charge in [0.05, 0.1) is 27.4 Å². The Morgan fingerprint density at radius 3 is 2.04 bits per heavy atom. The zero-order valence-corrected chi connectivity index (χ0v) is 26.5. The molecule has 4 aromatic rings. The molecule has 2 N–H and O–H groups in total. The minimum Gasteiger partial charge on any atom is -0.497 e. The number of methoxy groups -OCH3 is 2. The van der Waals surface area contributed by atoms with Crippen LogP contribution in [0.15, 0.2) is 95.9 Å². The molecule has 0 spiro atoms. The van der Waals surface area contributed by atoms with E-state index in [2.05, 4.69) is 4.98 Å². The first-order valence-electron chi connectivity index (χ1n) is 14.7. The number of esters is 1. The lowest BCUT2D eigenvalue weighted by Crippen LogP contribution is -2.40. The maximum absolute atomic E-state index is 11.9. The monoisotopic (exact) mass is 648 g/mol. The molecule has 1 fully saturated rings. The van der Waals surface area contributed by atoms with E-state index in [4.69, 9.17) is 40.6 Å². The molecule has 1 aliphatic heterocycles. The van der Waals surface area contributed by atoms with E-state index in [1.54, 1.807) is 14.2 Å². The number of nitrogens with zero attached hydrogens (tertiary/aromatic N) is 1. The van der Waals surface area contributed by atoms with Gasteiger partial charge in [0.25, 0.3) is 5.56 Å². The Labute approximate surface area is 271 Å². The number of H-pyrrole nitrogens is 1. The molecule has 0 bridgehead atoms. The van der Waals surface area contributed by atoms with Gasteiger partial charge in [-0.25, -0.2) is 0 Å². The number of hydrogen-bond acceptors (Lipinski definition) is 10. The van der Waals surface area contributed by atoms with Gasteiger partial charge in [-0.05, 0) is 53.2 Å². The van der Waals surface area contributed by atoms with Crippen LogP contribution in [0.3, 0.4) is 0 Å². The van der Waals surface area contributed by atoms with Crippen LogP contribution in [0.25, 0.3) is 0 Å². The van der Waals surface area contributed by atoms with Crippen molar-refractivity contribution in [3.8, 4) is 11.5 Å². The highest BCUT2D eigenvalue weighted by atomic mass is 32.1. The van der Waals surface area contributed by atoms with Crippen LogP contribution in [0.1, 0.15) is 29.8 Å². The summed E-state index contributed by atoms with van der Waals surface area (Å²) in [6.45, 7) is 1.20. The first kappa shape index (κ1) is 33.0. The van der Waals surface area contributed by atoms with E-state index in [1.807, 2.05) is 78.9 Å². The van der Waals surface area contributed by atoms with Crippen LogP contribution in [0, 0.1) is 4.77 Å². The fourth-order valence-electron chi connectivity index (χ4n) is 5.54. The molecule has 11 nitrogen and oxygen atoms in total. The average Bonchev–Trinajstić information content (AvgIpc) is 3.38. The third kappa shape index (κ3) is 7.06. The number of hydrogen-bond donors (Lipinski definition) is 2. The molecule has 4 atom stereocenters. The number of aliphatic hydroxyl groups excluding tert-OH is 1. The van der Waals surface area contributed by atoms with Gasteiger partial charge in [0, 0.05) is 19.2 Å². The molecule has 0 amide bonds. The summed E-state index contributed by atoms with van der Waals surface area (Å²) in [4.78, 5) is 25.8. The maximum Gasteiger partial charge on any atom is 0.302 e. The van der Waals surface area contributed by atoms with Gasteiger partial charge < -0.3 is 33.5 Å². The Balaban J connectivity index is 1.53. The van der Waals surface area contributed by atoms with Crippen molar-refractivity contribution >= 4 is 18.2 Å². The molecule has 1 aromatic heterocycles. The molecule has 3 aromatic carbocycles. The Kier molecular flexibility index (Phi) is 10.7. The Hall–Kier alpha value is -4.33. The van der Waals surface area contributed by atoms with Crippen LogP contribution in [-0.2, 0) is 29.3 Å². The van der Waals surface area contributed by atoms with Crippen molar-refractivity contribution in [1.82, 2.24) is 9.55 Å². The molecule has 0 radical (unpaired) electrons. The average molecular weight is 649 g/mol. The second-order valence-corrected chi connectivity index (χ2v) is 11.0. The zero-order chi connectivity index (χ0) is 32.7. The summed E-state index contributed by atoms with van der Waals surface area (Å²) in [6, 6.07) is 26.2. The molecule has 2 heterocycles. The van der Waals surface area contributed by atoms with Crippen molar-refractivity contribution in [1.29, 1.82) is 0 Å². The minimum atomic E-state index is -1.18. The summed E-state index contributed by atoms with van der Waals surface area (Å²) in [6.07, 6.45) is -2.45. The van der Waals surface area contributed by atoms with Crippen LogP contribution < -0.4 is 15.0 Å². The molecular weight excluding hydrogens is 612 g/mol. The molecule has 46 heavy (non-hydrogen) atoms. The van der Waals surface area contributed by atoms with Gasteiger partial charge in [-0.3, -0.25) is 19.1 Å². The second kappa shape index (κ2) is 14.8. The highest BCUT2D eigenvalue weighted by Gasteiger charge is 2.48. The van der Waals surface area contributed by atoms with Crippen LogP contribution in [0.2, 0.25) is 0 Å². The minimum absolute atomic E-state index is 0.00291. The number of carbonyl (C=O) groups is 1. The number of carbonyl (C=O) groups excluding carboxylic acids is 1. The molecular formula is C34H36N2O9S. The summed E-state index contributed by atoms with van der Waals surface area (Å²) >= 11 is 5.40. The molecule has 242 valence electrons. The Bertz CT molecular complexity index is 1660. The van der Waals surface area contributed by atoms with Crippen molar-refractivity contribution in [2.45, 2.75) is 37.1 Å². The Morgan fingerprint density at radius 2 is 1.50 bits per heavy atom. The van der Waals surface area contributed by atoms with E-state index in [9.17, 15) is 14.7 Å². The number of rotatable bonds is 13. The van der Waals surface area contributed by atoms with E-state index < -0.39 is 36.1 Å². The predicted molar refractivity (Wildman–Crippen MR) is 170 cm³/mol. The highest BCUT2D eigenvalue weighted by molar-refractivity contribution is 7.71. The maximum atomic E-state index is 11.9. The second-order valence-electron chi connectivity index (χ2n) is 10.6. The first-order valence-corrected chi connectivity index (χ1v) is 15.1. The summed E-state index contributed by atoms with van der Waals surface area (Å²) in [5.41, 5.74) is 0.933. The lowest BCUT2D eigenvalue weighted by atomic mass is 9.80. The molecule has 1 saturated heterocycles. The smallest absolute Gasteiger partial charge is 0.302 e. The number of benzene rings is 3. The SMILES string of the molecule is COc1ccc(C(OC[C@H]2O[C@@H](n3ccc(=O)[nH]c3=S)[C@H](OCCOC(C)=O)[C@@H]2O)(c2ccccc2)c2ccc(OC)cc2)cc1. The molecule has 0 aliphatic carbocycles. The standard InChI is InChI=1S/C34H36N2O9S/c1-22(37)42-19-20-43-31-30(39)28(45-32(31)36-18-17-29(38)35-33(36)46)21-44-34(23-7-5-4-6-8-23,24-9-13-26(40-2)14-10-24)25-11-15-27(41-3)16-12-25/h4-18,28,30-32,39H,19-21H2,1-3H3,(H,35,38,46)/t28-,30-,31-,32-/m1/s1. The predicted octanol–water partition coefficient (Wildman–Crippen LogP) is 4.14. The largest absolute Gasteiger partial charge is 0.497 e. The number of nitrogens with one attached hydrogen (secondary N) is 1. The van der Waals surface area contributed by atoms with Gasteiger partial charge in [0.15, 0.2) is 11.0 Å². The summed E-state index contributed by atoms with van der Waals surface area (Å²) in [7, 11) is 3.21. The van der Waals surface area contributed by atoms with E-state index in [0.717, 1.165) is 16.7 Å². The summed E-state index contributed by atoms with van der Waals surface area (Å²) in [5.74, 6) is 0.917.